The molecule has 1 heterocycles. The predicted octanol–water partition coefficient (Wildman–Crippen LogP) is 2.60. The van der Waals surface area contributed by atoms with Gasteiger partial charge in [-0.15, -0.1) is 0 Å². The zero-order valence-corrected chi connectivity index (χ0v) is 10.3. The third kappa shape index (κ3) is 4.25. The third-order valence-corrected chi connectivity index (χ3v) is 2.76. The number of nitrogens with one attached hydrogen (secondary N) is 2. The van der Waals surface area contributed by atoms with Gasteiger partial charge in [-0.1, -0.05) is 12.1 Å². The van der Waals surface area contributed by atoms with Crippen LogP contribution < -0.4 is 10.8 Å². The van der Waals surface area contributed by atoms with Crippen molar-refractivity contribution in [1.82, 2.24) is 10.8 Å². The summed E-state index contributed by atoms with van der Waals surface area (Å²) < 4.78 is 37.5. The van der Waals surface area contributed by atoms with Crippen LogP contribution in [-0.2, 0) is 17.6 Å². The lowest BCUT2D eigenvalue weighted by Crippen LogP contribution is -2.26. The van der Waals surface area contributed by atoms with Crippen LogP contribution in [0.4, 0.5) is 13.2 Å². The van der Waals surface area contributed by atoms with E-state index >= 15 is 0 Å². The number of rotatable bonds is 4. The molecule has 0 saturated heterocycles. The molecule has 1 aromatic rings. The number of halogens is 3. The van der Waals surface area contributed by atoms with Crippen LogP contribution in [0, 0.1) is 0 Å². The molecule has 0 amide bonds. The summed E-state index contributed by atoms with van der Waals surface area (Å²) in [4.78, 5) is 5.21. The highest BCUT2D eigenvalue weighted by molar-refractivity contribution is 5.25. The third-order valence-electron chi connectivity index (χ3n) is 2.76. The van der Waals surface area contributed by atoms with Crippen LogP contribution in [0.15, 0.2) is 36.0 Å². The van der Waals surface area contributed by atoms with Gasteiger partial charge in [0.25, 0.3) is 0 Å². The molecule has 2 N–H and O–H groups in total. The first-order valence-electron chi connectivity index (χ1n) is 5.99. The van der Waals surface area contributed by atoms with Crippen LogP contribution in [0.5, 0.6) is 0 Å². The van der Waals surface area contributed by atoms with Crippen molar-refractivity contribution in [1.29, 1.82) is 0 Å². The van der Waals surface area contributed by atoms with Crippen molar-refractivity contribution in [3.63, 3.8) is 0 Å². The number of alkyl halides is 3. The van der Waals surface area contributed by atoms with E-state index in [1.54, 1.807) is 6.07 Å². The topological polar surface area (TPSA) is 33.3 Å². The molecular weight excluding hydrogens is 257 g/mol. The number of benzene rings is 1. The average Bonchev–Trinajstić information content (AvgIpc) is 2.39. The maximum absolute atomic E-state index is 12.5. The van der Waals surface area contributed by atoms with Crippen molar-refractivity contribution in [3.05, 3.63) is 47.2 Å². The Morgan fingerprint density at radius 1 is 1.32 bits per heavy atom. The largest absolute Gasteiger partial charge is 0.416 e. The Labute approximate surface area is 109 Å². The second-order valence-corrected chi connectivity index (χ2v) is 4.27. The Balaban J connectivity index is 1.87. The monoisotopic (exact) mass is 272 g/mol. The Kier molecular flexibility index (Phi) is 4.44. The molecule has 0 radical (unpaired) electrons. The van der Waals surface area contributed by atoms with Gasteiger partial charge in [0.1, 0.15) is 0 Å². The quantitative estimate of drug-likeness (QED) is 0.827. The van der Waals surface area contributed by atoms with Crippen molar-refractivity contribution in [3.8, 4) is 0 Å². The molecule has 0 aromatic heterocycles. The lowest BCUT2D eigenvalue weighted by molar-refractivity contribution is -0.137. The van der Waals surface area contributed by atoms with E-state index in [0.717, 1.165) is 37.3 Å². The van der Waals surface area contributed by atoms with Crippen molar-refractivity contribution in [2.75, 3.05) is 13.1 Å². The fraction of sp³-hybridized carbons (Fsp3) is 0.385. The van der Waals surface area contributed by atoms with E-state index in [0.29, 0.717) is 5.56 Å². The first-order valence-corrected chi connectivity index (χ1v) is 5.99. The lowest BCUT2D eigenvalue weighted by atomic mass is 10.1. The van der Waals surface area contributed by atoms with Crippen LogP contribution in [-0.4, -0.2) is 13.1 Å². The molecule has 0 fully saturated rings. The van der Waals surface area contributed by atoms with E-state index in [2.05, 4.69) is 10.8 Å². The highest BCUT2D eigenvalue weighted by atomic mass is 19.4. The predicted molar refractivity (Wildman–Crippen MR) is 64.9 cm³/mol. The fourth-order valence-corrected chi connectivity index (χ4v) is 1.76. The summed E-state index contributed by atoms with van der Waals surface area (Å²) in [5.41, 5.74) is 3.54. The minimum absolute atomic E-state index is 0.0920. The van der Waals surface area contributed by atoms with Crippen molar-refractivity contribution in [2.24, 2.45) is 0 Å². The Morgan fingerprint density at radius 2 is 2.16 bits per heavy atom. The van der Waals surface area contributed by atoms with Crippen LogP contribution in [0.2, 0.25) is 0 Å². The molecule has 19 heavy (non-hydrogen) atoms. The molecule has 0 saturated carbocycles. The molecule has 0 spiro atoms. The van der Waals surface area contributed by atoms with E-state index in [4.69, 9.17) is 4.84 Å². The molecular formula is C13H15F3N2O. The summed E-state index contributed by atoms with van der Waals surface area (Å²) in [5.74, 6) is 0. The Morgan fingerprint density at radius 3 is 2.84 bits per heavy atom. The van der Waals surface area contributed by atoms with Crippen LogP contribution in [0.3, 0.4) is 0 Å². The average molecular weight is 272 g/mol. The molecule has 1 aromatic carbocycles. The van der Waals surface area contributed by atoms with Gasteiger partial charge in [-0.25, -0.2) is 0 Å². The van der Waals surface area contributed by atoms with Gasteiger partial charge in [0.2, 0.25) is 0 Å². The van der Waals surface area contributed by atoms with Crippen LogP contribution in [0.25, 0.3) is 0 Å². The summed E-state index contributed by atoms with van der Waals surface area (Å²) >= 11 is 0. The van der Waals surface area contributed by atoms with Gasteiger partial charge in [0, 0.05) is 25.2 Å². The fourth-order valence-electron chi connectivity index (χ4n) is 1.76. The smallest absolute Gasteiger partial charge is 0.313 e. The zero-order valence-electron chi connectivity index (χ0n) is 10.3. The van der Waals surface area contributed by atoms with E-state index in [1.807, 2.05) is 6.08 Å². The van der Waals surface area contributed by atoms with Gasteiger partial charge in [-0.05, 0) is 23.8 Å². The van der Waals surface area contributed by atoms with E-state index in [-0.39, 0.29) is 6.61 Å². The van der Waals surface area contributed by atoms with Crippen molar-refractivity contribution >= 4 is 0 Å². The minimum Gasteiger partial charge on any atom is -0.313 e. The van der Waals surface area contributed by atoms with E-state index in [1.165, 1.54) is 6.07 Å². The SMILES string of the molecule is FC(F)(F)c1cccc(CONC2=CCNCC2)c1. The van der Waals surface area contributed by atoms with Gasteiger partial charge in [0.15, 0.2) is 0 Å². The lowest BCUT2D eigenvalue weighted by Gasteiger charge is -2.16. The second-order valence-electron chi connectivity index (χ2n) is 4.27. The maximum atomic E-state index is 12.5. The molecule has 0 aliphatic carbocycles. The van der Waals surface area contributed by atoms with Crippen LogP contribution >= 0.6 is 0 Å². The van der Waals surface area contributed by atoms with Gasteiger partial charge >= 0.3 is 6.18 Å². The van der Waals surface area contributed by atoms with Gasteiger partial charge in [-0.3, -0.25) is 10.3 Å². The summed E-state index contributed by atoms with van der Waals surface area (Å²) in [6.07, 6.45) is -1.54. The summed E-state index contributed by atoms with van der Waals surface area (Å²) in [5, 5.41) is 3.15. The summed E-state index contributed by atoms with van der Waals surface area (Å²) in [6.45, 7) is 1.73. The van der Waals surface area contributed by atoms with Gasteiger partial charge < -0.3 is 5.32 Å². The Hall–Kier alpha value is -1.53. The summed E-state index contributed by atoms with van der Waals surface area (Å²) in [6, 6.07) is 5.13. The zero-order chi connectivity index (χ0) is 13.7. The first-order chi connectivity index (χ1) is 9.05. The molecule has 0 bridgehead atoms. The van der Waals surface area contributed by atoms with E-state index < -0.39 is 11.7 Å². The molecule has 104 valence electrons. The standard InChI is InChI=1S/C13H15F3N2O/c14-13(15,16)11-3-1-2-10(8-11)9-19-18-12-4-6-17-7-5-12/h1-4,8,17-18H,5-7,9H2. The molecule has 1 aliphatic rings. The van der Waals surface area contributed by atoms with Crippen molar-refractivity contribution < 1.29 is 18.0 Å². The maximum Gasteiger partial charge on any atom is 0.416 e. The van der Waals surface area contributed by atoms with Crippen LogP contribution in [0.1, 0.15) is 17.5 Å². The molecule has 3 nitrogen and oxygen atoms in total. The number of hydrogen-bond donors (Lipinski definition) is 2. The minimum atomic E-state index is -4.32. The second kappa shape index (κ2) is 6.08. The molecule has 0 unspecified atom stereocenters. The first kappa shape index (κ1) is 13.9. The molecule has 2 rings (SSSR count). The van der Waals surface area contributed by atoms with Gasteiger partial charge in [-0.2, -0.15) is 13.2 Å². The van der Waals surface area contributed by atoms with Crippen molar-refractivity contribution in [2.45, 2.75) is 19.2 Å². The Bertz CT molecular complexity index is 457. The van der Waals surface area contributed by atoms with E-state index in [9.17, 15) is 13.2 Å². The molecule has 6 heteroatoms. The summed E-state index contributed by atoms with van der Waals surface area (Å²) in [7, 11) is 0. The molecule has 0 atom stereocenters. The highest BCUT2D eigenvalue weighted by Crippen LogP contribution is 2.29. The number of hydrogen-bond acceptors (Lipinski definition) is 3. The highest BCUT2D eigenvalue weighted by Gasteiger charge is 2.30. The molecule has 1 aliphatic heterocycles. The number of hydroxylamine groups is 1. The van der Waals surface area contributed by atoms with Gasteiger partial charge in [0.05, 0.1) is 12.2 Å². The normalized spacial score (nSPS) is 16.1.